The molecule has 0 bridgehead atoms. The Morgan fingerprint density at radius 3 is 2.71 bits per heavy atom. The van der Waals surface area contributed by atoms with Crippen LogP contribution in [0.25, 0.3) is 5.69 Å². The van der Waals surface area contributed by atoms with Crippen molar-refractivity contribution in [1.29, 1.82) is 0 Å². The number of anilines is 1. The van der Waals surface area contributed by atoms with Crippen LogP contribution in [0.15, 0.2) is 53.3 Å². The van der Waals surface area contributed by atoms with Crippen LogP contribution in [0.5, 0.6) is 0 Å². The number of unbranched alkanes of at least 4 members (excludes halogenated alkanes) is 1. The first-order chi connectivity index (χ1) is 18.6. The number of imidazole rings is 1. The molecular weight excluding hydrogens is 474 g/mol. The molecule has 1 saturated carbocycles. The normalized spacial score (nSPS) is 19.4. The molecule has 2 N–H and O–H groups in total. The van der Waals surface area contributed by atoms with Gasteiger partial charge in [0.05, 0.1) is 11.4 Å². The number of aromatic amines is 1. The zero-order valence-electron chi connectivity index (χ0n) is 22.4. The van der Waals surface area contributed by atoms with Crippen molar-refractivity contribution in [3.8, 4) is 5.69 Å². The van der Waals surface area contributed by atoms with Gasteiger partial charge in [0.2, 0.25) is 0 Å². The van der Waals surface area contributed by atoms with Crippen LogP contribution in [0, 0.1) is 0 Å². The maximum absolute atomic E-state index is 14.1. The van der Waals surface area contributed by atoms with Gasteiger partial charge in [-0.25, -0.2) is 4.79 Å². The lowest BCUT2D eigenvalue weighted by Crippen LogP contribution is -2.54. The number of piperazine rings is 1. The number of nitrogens with zero attached hydrogens (tertiary/aromatic N) is 3. The Hall–Kier alpha value is -3.32. The molecule has 0 spiro atoms. The van der Waals surface area contributed by atoms with Gasteiger partial charge in [-0.3, -0.25) is 9.36 Å². The summed E-state index contributed by atoms with van der Waals surface area (Å²) in [6.07, 6.45) is 7.39. The number of amides is 1. The fourth-order valence-corrected chi connectivity index (χ4v) is 6.21. The second kappa shape index (κ2) is 10.8. The van der Waals surface area contributed by atoms with Gasteiger partial charge < -0.3 is 20.1 Å². The topological polar surface area (TPSA) is 73.4 Å². The monoisotopic (exact) mass is 513 g/mol. The van der Waals surface area contributed by atoms with Crippen LogP contribution in [0.2, 0.25) is 0 Å². The maximum atomic E-state index is 14.1. The molecule has 1 saturated heterocycles. The number of benzene rings is 2. The quantitative estimate of drug-likeness (QED) is 0.472. The molecule has 1 amide bonds. The van der Waals surface area contributed by atoms with Crippen LogP contribution in [0.3, 0.4) is 0 Å². The Kier molecular flexibility index (Phi) is 7.11. The van der Waals surface area contributed by atoms with Gasteiger partial charge in [-0.1, -0.05) is 49.7 Å². The van der Waals surface area contributed by atoms with Crippen molar-refractivity contribution in [2.75, 3.05) is 37.6 Å². The van der Waals surface area contributed by atoms with E-state index in [1.807, 2.05) is 23.1 Å². The molecule has 2 aromatic carbocycles. The molecular formula is C31H39N5O2. The van der Waals surface area contributed by atoms with Crippen LogP contribution >= 0.6 is 0 Å². The standard InChI is InChI=1S/C31H39N5O2/c1-2-3-16-34-17-7-10-23-13-14-25(20-27(23)34)36-29(24-11-12-24)28(33-31(36)38)30(37)35-18-15-32-21-26(35)19-22-8-5-4-6-9-22/h4-6,8-9,13-14,20,24,26,32H,2-3,7,10-12,15-19,21H2,1H3,(H,33,38)/t26-/m1/s1. The molecule has 1 aromatic heterocycles. The Morgan fingerprint density at radius 2 is 1.92 bits per heavy atom. The van der Waals surface area contributed by atoms with Crippen LogP contribution in [0.4, 0.5) is 5.69 Å². The third kappa shape index (κ3) is 4.92. The molecule has 2 aliphatic heterocycles. The van der Waals surface area contributed by atoms with E-state index in [-0.39, 0.29) is 23.6 Å². The third-order valence-electron chi connectivity index (χ3n) is 8.36. The van der Waals surface area contributed by atoms with Gasteiger partial charge in [0.25, 0.3) is 5.91 Å². The predicted octanol–water partition coefficient (Wildman–Crippen LogP) is 4.25. The first kappa shape index (κ1) is 25.0. The van der Waals surface area contributed by atoms with Crippen molar-refractivity contribution < 1.29 is 4.79 Å². The van der Waals surface area contributed by atoms with Crippen LogP contribution in [-0.4, -0.2) is 59.1 Å². The van der Waals surface area contributed by atoms with Gasteiger partial charge >= 0.3 is 5.69 Å². The highest BCUT2D eigenvalue weighted by atomic mass is 16.2. The molecule has 38 heavy (non-hydrogen) atoms. The Labute approximate surface area is 224 Å². The van der Waals surface area contributed by atoms with E-state index in [1.165, 1.54) is 23.2 Å². The lowest BCUT2D eigenvalue weighted by molar-refractivity contribution is 0.0629. The van der Waals surface area contributed by atoms with E-state index in [9.17, 15) is 9.59 Å². The van der Waals surface area contributed by atoms with Gasteiger partial charge in [-0.2, -0.15) is 0 Å². The largest absolute Gasteiger partial charge is 0.371 e. The van der Waals surface area contributed by atoms with Crippen molar-refractivity contribution in [2.45, 2.75) is 63.8 Å². The average molecular weight is 514 g/mol. The van der Waals surface area contributed by atoms with E-state index in [4.69, 9.17) is 0 Å². The summed E-state index contributed by atoms with van der Waals surface area (Å²) in [6.45, 7) is 6.48. The molecule has 0 radical (unpaired) electrons. The van der Waals surface area contributed by atoms with Crippen LogP contribution in [0.1, 0.15) is 72.3 Å². The first-order valence-corrected chi connectivity index (χ1v) is 14.4. The summed E-state index contributed by atoms with van der Waals surface area (Å²) in [7, 11) is 0. The van der Waals surface area contributed by atoms with Crippen molar-refractivity contribution in [1.82, 2.24) is 19.8 Å². The first-order valence-electron chi connectivity index (χ1n) is 14.4. The highest BCUT2D eigenvalue weighted by Crippen LogP contribution is 2.42. The van der Waals surface area contributed by atoms with Gasteiger partial charge in [-0.05, 0) is 61.8 Å². The number of nitrogens with one attached hydrogen (secondary N) is 2. The number of carbonyl (C=O) groups is 1. The van der Waals surface area contributed by atoms with E-state index < -0.39 is 0 Å². The van der Waals surface area contributed by atoms with Gasteiger partial charge in [0.1, 0.15) is 5.69 Å². The van der Waals surface area contributed by atoms with Crippen molar-refractivity contribution in [3.63, 3.8) is 0 Å². The van der Waals surface area contributed by atoms with Crippen molar-refractivity contribution in [2.24, 2.45) is 0 Å². The summed E-state index contributed by atoms with van der Waals surface area (Å²) in [5, 5.41) is 3.46. The Bertz CT molecular complexity index is 1340. The van der Waals surface area contributed by atoms with E-state index >= 15 is 0 Å². The summed E-state index contributed by atoms with van der Waals surface area (Å²) in [6, 6.07) is 16.8. The summed E-state index contributed by atoms with van der Waals surface area (Å²) in [5.74, 6) is 0.198. The third-order valence-corrected chi connectivity index (χ3v) is 8.36. The minimum atomic E-state index is -0.208. The molecule has 7 nitrogen and oxygen atoms in total. The van der Waals surface area contributed by atoms with E-state index in [0.29, 0.717) is 12.2 Å². The Balaban J connectivity index is 1.35. The average Bonchev–Trinajstić information content (AvgIpc) is 3.73. The second-order valence-corrected chi connectivity index (χ2v) is 11.1. The predicted molar refractivity (Wildman–Crippen MR) is 152 cm³/mol. The molecule has 2 fully saturated rings. The van der Waals surface area contributed by atoms with E-state index in [0.717, 1.165) is 76.1 Å². The van der Waals surface area contributed by atoms with E-state index in [1.54, 1.807) is 4.57 Å². The van der Waals surface area contributed by atoms with Gasteiger partial charge in [0.15, 0.2) is 0 Å². The number of aryl methyl sites for hydroxylation is 1. The summed E-state index contributed by atoms with van der Waals surface area (Å²) < 4.78 is 1.80. The number of carbonyl (C=O) groups excluding carboxylic acids is 1. The molecule has 200 valence electrons. The fourth-order valence-electron chi connectivity index (χ4n) is 6.21. The smallest absolute Gasteiger partial charge is 0.330 e. The molecule has 3 aromatic rings. The molecule has 6 rings (SSSR count). The molecule has 3 aliphatic rings. The number of rotatable bonds is 8. The van der Waals surface area contributed by atoms with Gasteiger partial charge in [-0.15, -0.1) is 0 Å². The molecule has 3 heterocycles. The number of H-pyrrole nitrogens is 1. The molecule has 7 heteroatoms. The number of hydrogen-bond donors (Lipinski definition) is 2. The zero-order valence-corrected chi connectivity index (χ0v) is 22.4. The molecule has 1 atom stereocenters. The van der Waals surface area contributed by atoms with E-state index in [2.05, 4.69) is 52.5 Å². The Morgan fingerprint density at radius 1 is 1.08 bits per heavy atom. The van der Waals surface area contributed by atoms with Crippen LogP contribution < -0.4 is 15.9 Å². The highest BCUT2D eigenvalue weighted by Gasteiger charge is 2.37. The lowest BCUT2D eigenvalue weighted by Gasteiger charge is -2.36. The minimum absolute atomic E-state index is 0.0484. The van der Waals surface area contributed by atoms with Crippen LogP contribution in [-0.2, 0) is 12.8 Å². The van der Waals surface area contributed by atoms with Crippen molar-refractivity contribution >= 4 is 11.6 Å². The minimum Gasteiger partial charge on any atom is -0.371 e. The SMILES string of the molecule is CCCCN1CCCc2ccc(-n3c(C4CC4)c(C(=O)N4CCNC[C@H]4Cc4ccccc4)[nH]c3=O)cc21. The molecule has 1 aliphatic carbocycles. The highest BCUT2D eigenvalue weighted by molar-refractivity contribution is 5.94. The number of aromatic nitrogens is 2. The number of hydrogen-bond acceptors (Lipinski definition) is 4. The summed E-state index contributed by atoms with van der Waals surface area (Å²) in [5.41, 5.74) is 5.83. The van der Waals surface area contributed by atoms with Gasteiger partial charge in [0, 0.05) is 50.4 Å². The molecule has 0 unspecified atom stereocenters. The fraction of sp³-hybridized carbons (Fsp3) is 0.484. The number of fused-ring (bicyclic) bond motifs is 1. The van der Waals surface area contributed by atoms with Crippen molar-refractivity contribution in [3.05, 3.63) is 81.5 Å². The summed E-state index contributed by atoms with van der Waals surface area (Å²) >= 11 is 0. The zero-order chi connectivity index (χ0) is 26.1. The second-order valence-electron chi connectivity index (χ2n) is 11.1. The maximum Gasteiger partial charge on any atom is 0.330 e. The lowest BCUT2D eigenvalue weighted by atomic mass is 10.0. The summed E-state index contributed by atoms with van der Waals surface area (Å²) in [4.78, 5) is 35.0.